The molecule has 1 aliphatic rings. The van der Waals surface area contributed by atoms with E-state index >= 15 is 0 Å². The smallest absolute Gasteiger partial charge is 0.191 e. The van der Waals surface area contributed by atoms with Gasteiger partial charge >= 0.3 is 0 Å². The average Bonchev–Trinajstić information content (AvgIpc) is 3.16. The first-order valence-corrected chi connectivity index (χ1v) is 9.12. The van der Waals surface area contributed by atoms with Gasteiger partial charge in [-0.25, -0.2) is 4.99 Å². The molecule has 1 aromatic carbocycles. The van der Waals surface area contributed by atoms with Crippen molar-refractivity contribution in [3.63, 3.8) is 0 Å². The fraction of sp³-hybridized carbons (Fsp3) is 0.632. The van der Waals surface area contributed by atoms with E-state index in [1.807, 2.05) is 18.2 Å². The lowest BCUT2D eigenvalue weighted by Crippen LogP contribution is -2.38. The summed E-state index contributed by atoms with van der Waals surface area (Å²) in [5, 5.41) is 6.62. The van der Waals surface area contributed by atoms with E-state index in [1.54, 1.807) is 7.11 Å². The number of guanidine groups is 1. The van der Waals surface area contributed by atoms with Crippen molar-refractivity contribution >= 4 is 5.96 Å². The van der Waals surface area contributed by atoms with Crippen molar-refractivity contribution in [2.24, 2.45) is 10.9 Å². The van der Waals surface area contributed by atoms with Gasteiger partial charge in [-0.3, -0.25) is 0 Å². The monoisotopic (exact) mass is 349 g/mol. The molecular formula is C19H31N3O3. The number of nitrogens with one attached hydrogen (secondary N) is 2. The Labute approximate surface area is 151 Å². The molecule has 1 saturated heterocycles. The molecule has 1 aliphatic heterocycles. The lowest BCUT2D eigenvalue weighted by molar-refractivity contribution is 0.0888. The minimum Gasteiger partial charge on any atom is -0.497 e. The zero-order valence-corrected chi connectivity index (χ0v) is 15.4. The Kier molecular flexibility index (Phi) is 9.15. The molecule has 2 N–H and O–H groups in total. The SMILES string of the molecule is CCNC(=NCc1cccc(OC)c1)NCCCOCC1CCOC1. The normalized spacial score (nSPS) is 17.5. The van der Waals surface area contributed by atoms with E-state index < -0.39 is 0 Å². The minimum atomic E-state index is 0.578. The van der Waals surface area contributed by atoms with Crippen LogP contribution in [0.5, 0.6) is 5.75 Å². The van der Waals surface area contributed by atoms with Crippen LogP contribution in [0.2, 0.25) is 0 Å². The zero-order chi connectivity index (χ0) is 17.7. The van der Waals surface area contributed by atoms with Gasteiger partial charge in [0.05, 0.1) is 26.9 Å². The highest BCUT2D eigenvalue weighted by Gasteiger charge is 2.15. The highest BCUT2D eigenvalue weighted by Crippen LogP contribution is 2.13. The molecule has 1 unspecified atom stereocenters. The molecule has 1 heterocycles. The van der Waals surface area contributed by atoms with E-state index in [-0.39, 0.29) is 0 Å². The van der Waals surface area contributed by atoms with Crippen molar-refractivity contribution in [3.05, 3.63) is 29.8 Å². The molecule has 6 nitrogen and oxygen atoms in total. The lowest BCUT2D eigenvalue weighted by Gasteiger charge is -2.12. The maximum atomic E-state index is 5.72. The molecule has 6 heteroatoms. The first-order chi connectivity index (χ1) is 12.3. The Balaban J connectivity index is 1.66. The van der Waals surface area contributed by atoms with Crippen LogP contribution in [0.25, 0.3) is 0 Å². The second-order valence-corrected chi connectivity index (χ2v) is 6.13. The molecule has 1 aromatic rings. The maximum absolute atomic E-state index is 5.72. The molecule has 0 aromatic heterocycles. The number of ether oxygens (including phenoxy) is 3. The van der Waals surface area contributed by atoms with E-state index in [1.165, 1.54) is 0 Å². The molecule has 0 saturated carbocycles. The fourth-order valence-corrected chi connectivity index (χ4v) is 2.63. The molecule has 0 bridgehead atoms. The third-order valence-electron chi connectivity index (χ3n) is 4.03. The van der Waals surface area contributed by atoms with Gasteiger partial charge in [-0.1, -0.05) is 12.1 Å². The van der Waals surface area contributed by atoms with Gasteiger partial charge in [0.15, 0.2) is 5.96 Å². The number of rotatable bonds is 10. The summed E-state index contributed by atoms with van der Waals surface area (Å²) >= 11 is 0. The van der Waals surface area contributed by atoms with Gasteiger partial charge < -0.3 is 24.8 Å². The Morgan fingerprint density at radius 2 is 2.28 bits per heavy atom. The summed E-state index contributed by atoms with van der Waals surface area (Å²) in [4.78, 5) is 4.62. The summed E-state index contributed by atoms with van der Waals surface area (Å²) in [6.07, 6.45) is 2.08. The predicted molar refractivity (Wildman–Crippen MR) is 100 cm³/mol. The third kappa shape index (κ3) is 7.75. The van der Waals surface area contributed by atoms with Crippen molar-refractivity contribution < 1.29 is 14.2 Å². The van der Waals surface area contributed by atoms with Crippen LogP contribution in [-0.2, 0) is 16.0 Å². The van der Waals surface area contributed by atoms with Crippen LogP contribution in [0, 0.1) is 5.92 Å². The van der Waals surface area contributed by atoms with Crippen LogP contribution < -0.4 is 15.4 Å². The molecule has 140 valence electrons. The summed E-state index contributed by atoms with van der Waals surface area (Å²) < 4.78 is 16.3. The van der Waals surface area contributed by atoms with Crippen molar-refractivity contribution in [1.29, 1.82) is 0 Å². The van der Waals surface area contributed by atoms with Gasteiger partial charge in [-0.15, -0.1) is 0 Å². The Hall–Kier alpha value is -1.79. The summed E-state index contributed by atoms with van der Waals surface area (Å²) in [6.45, 7) is 7.65. The number of aliphatic imine (C=N–C) groups is 1. The highest BCUT2D eigenvalue weighted by atomic mass is 16.5. The van der Waals surface area contributed by atoms with E-state index in [9.17, 15) is 0 Å². The van der Waals surface area contributed by atoms with Crippen molar-refractivity contribution in [1.82, 2.24) is 10.6 Å². The Morgan fingerprint density at radius 3 is 3.04 bits per heavy atom. The summed E-state index contributed by atoms with van der Waals surface area (Å²) in [5.74, 6) is 2.26. The zero-order valence-electron chi connectivity index (χ0n) is 15.4. The number of nitrogens with zero attached hydrogens (tertiary/aromatic N) is 1. The molecule has 0 amide bonds. The van der Waals surface area contributed by atoms with Crippen LogP contribution in [0.4, 0.5) is 0 Å². The molecule has 25 heavy (non-hydrogen) atoms. The minimum absolute atomic E-state index is 0.578. The quantitative estimate of drug-likeness (QED) is 0.385. The second kappa shape index (κ2) is 11.7. The van der Waals surface area contributed by atoms with Crippen molar-refractivity contribution in [2.75, 3.05) is 46.6 Å². The molecule has 1 atom stereocenters. The van der Waals surface area contributed by atoms with E-state index in [0.29, 0.717) is 12.5 Å². The van der Waals surface area contributed by atoms with Gasteiger partial charge in [-0.05, 0) is 37.5 Å². The van der Waals surface area contributed by atoms with E-state index in [4.69, 9.17) is 14.2 Å². The number of methoxy groups -OCH3 is 1. The van der Waals surface area contributed by atoms with Gasteiger partial charge in [-0.2, -0.15) is 0 Å². The van der Waals surface area contributed by atoms with Crippen LogP contribution in [0.1, 0.15) is 25.3 Å². The third-order valence-corrected chi connectivity index (χ3v) is 4.03. The van der Waals surface area contributed by atoms with Crippen molar-refractivity contribution in [3.8, 4) is 5.75 Å². The Morgan fingerprint density at radius 1 is 1.36 bits per heavy atom. The van der Waals surface area contributed by atoms with Crippen LogP contribution in [0.15, 0.2) is 29.3 Å². The van der Waals surface area contributed by atoms with Gasteiger partial charge in [0.25, 0.3) is 0 Å². The van der Waals surface area contributed by atoms with E-state index in [2.05, 4.69) is 28.6 Å². The number of benzene rings is 1. The Bertz CT molecular complexity index is 516. The molecule has 0 aliphatic carbocycles. The topological polar surface area (TPSA) is 64.1 Å². The number of hydrogen-bond donors (Lipinski definition) is 2. The first-order valence-electron chi connectivity index (χ1n) is 9.12. The van der Waals surface area contributed by atoms with E-state index in [0.717, 1.165) is 69.6 Å². The average molecular weight is 349 g/mol. The summed E-state index contributed by atoms with van der Waals surface area (Å²) in [5.41, 5.74) is 1.12. The fourth-order valence-electron chi connectivity index (χ4n) is 2.63. The first kappa shape index (κ1) is 19.5. The summed E-state index contributed by atoms with van der Waals surface area (Å²) in [6, 6.07) is 7.98. The predicted octanol–water partition coefficient (Wildman–Crippen LogP) is 2.19. The molecule has 2 rings (SSSR count). The van der Waals surface area contributed by atoms with Gasteiger partial charge in [0.1, 0.15) is 5.75 Å². The molecular weight excluding hydrogens is 318 g/mol. The maximum Gasteiger partial charge on any atom is 0.191 e. The van der Waals surface area contributed by atoms with Crippen LogP contribution in [0.3, 0.4) is 0 Å². The number of hydrogen-bond acceptors (Lipinski definition) is 4. The summed E-state index contributed by atoms with van der Waals surface area (Å²) in [7, 11) is 1.68. The van der Waals surface area contributed by atoms with Gasteiger partial charge in [0.2, 0.25) is 0 Å². The van der Waals surface area contributed by atoms with Crippen molar-refractivity contribution in [2.45, 2.75) is 26.3 Å². The second-order valence-electron chi connectivity index (χ2n) is 6.13. The highest BCUT2D eigenvalue weighted by molar-refractivity contribution is 5.79. The molecule has 0 radical (unpaired) electrons. The standard InChI is InChI=1S/C19H31N3O3/c1-3-20-19(22-13-16-6-4-7-18(12-16)23-2)21-9-5-10-24-14-17-8-11-25-15-17/h4,6-7,12,17H,3,5,8-11,13-15H2,1-2H3,(H2,20,21,22). The largest absolute Gasteiger partial charge is 0.497 e. The molecule has 0 spiro atoms. The molecule has 1 fully saturated rings. The lowest BCUT2D eigenvalue weighted by atomic mass is 10.1. The van der Waals surface area contributed by atoms with Crippen LogP contribution in [-0.4, -0.2) is 52.6 Å². The van der Waals surface area contributed by atoms with Crippen LogP contribution >= 0.6 is 0 Å². The van der Waals surface area contributed by atoms with Gasteiger partial charge in [0, 0.05) is 32.2 Å².